The Balaban J connectivity index is 2.81. The topological polar surface area (TPSA) is 52.0 Å². The lowest BCUT2D eigenvalue weighted by molar-refractivity contribution is 0.282. The monoisotopic (exact) mass is 192 g/mol. The van der Waals surface area contributed by atoms with Gasteiger partial charge in [0.25, 0.3) is 0 Å². The van der Waals surface area contributed by atoms with Crippen LogP contribution in [0.25, 0.3) is 0 Å². The van der Waals surface area contributed by atoms with E-state index in [0.717, 1.165) is 5.56 Å². The molecule has 2 unspecified atom stereocenters. The van der Waals surface area contributed by atoms with Crippen molar-refractivity contribution in [1.82, 2.24) is 0 Å². The highest BCUT2D eigenvalue weighted by Gasteiger charge is 2.27. The maximum Gasteiger partial charge on any atom is 0.0453 e. The molecule has 2 nitrogen and oxygen atoms in total. The van der Waals surface area contributed by atoms with Crippen molar-refractivity contribution in [2.75, 3.05) is 0 Å². The van der Waals surface area contributed by atoms with Gasteiger partial charge in [0.1, 0.15) is 0 Å². The van der Waals surface area contributed by atoms with Crippen molar-refractivity contribution in [3.8, 4) is 0 Å². The van der Waals surface area contributed by atoms with E-state index in [1.54, 1.807) is 0 Å². The third-order valence-electron chi connectivity index (χ3n) is 2.57. The van der Waals surface area contributed by atoms with Crippen LogP contribution in [0.1, 0.15) is 32.4 Å². The summed E-state index contributed by atoms with van der Waals surface area (Å²) in [5, 5.41) is 0. The second kappa shape index (κ2) is 4.11. The minimum absolute atomic E-state index is 0.0232. The predicted octanol–water partition coefficient (Wildman–Crippen LogP) is 2.06. The molecule has 0 aliphatic rings. The Labute approximate surface area is 86.3 Å². The van der Waals surface area contributed by atoms with Gasteiger partial charge in [-0.2, -0.15) is 0 Å². The molecule has 1 rings (SSSR count). The smallest absolute Gasteiger partial charge is 0.0453 e. The molecule has 2 heteroatoms. The quantitative estimate of drug-likeness (QED) is 0.753. The van der Waals surface area contributed by atoms with E-state index >= 15 is 0 Å². The van der Waals surface area contributed by atoms with E-state index in [1.807, 2.05) is 30.3 Å². The van der Waals surface area contributed by atoms with Gasteiger partial charge in [0.05, 0.1) is 0 Å². The summed E-state index contributed by atoms with van der Waals surface area (Å²) in [5.74, 6) is 0. The second-order valence-corrected chi connectivity index (χ2v) is 4.83. The molecule has 4 N–H and O–H groups in total. The van der Waals surface area contributed by atoms with Crippen molar-refractivity contribution in [2.24, 2.45) is 16.9 Å². The summed E-state index contributed by atoms with van der Waals surface area (Å²) >= 11 is 0. The summed E-state index contributed by atoms with van der Waals surface area (Å²) in [6, 6.07) is 9.90. The highest BCUT2D eigenvalue weighted by molar-refractivity contribution is 5.20. The van der Waals surface area contributed by atoms with Crippen molar-refractivity contribution < 1.29 is 0 Å². The third-order valence-corrected chi connectivity index (χ3v) is 2.57. The van der Waals surface area contributed by atoms with E-state index in [-0.39, 0.29) is 17.5 Å². The van der Waals surface area contributed by atoms with E-state index in [0.29, 0.717) is 0 Å². The molecule has 0 aliphatic heterocycles. The molecule has 0 heterocycles. The lowest BCUT2D eigenvalue weighted by Gasteiger charge is -2.32. The van der Waals surface area contributed by atoms with Crippen LogP contribution < -0.4 is 11.5 Å². The van der Waals surface area contributed by atoms with Crippen LogP contribution in [0, 0.1) is 5.41 Å². The number of hydrogen-bond acceptors (Lipinski definition) is 2. The summed E-state index contributed by atoms with van der Waals surface area (Å²) in [7, 11) is 0. The zero-order valence-electron chi connectivity index (χ0n) is 9.20. The molecule has 0 saturated carbocycles. The van der Waals surface area contributed by atoms with Crippen LogP contribution in [0.2, 0.25) is 0 Å². The molecule has 0 bridgehead atoms. The first-order valence-corrected chi connectivity index (χ1v) is 4.99. The van der Waals surface area contributed by atoms with Crippen molar-refractivity contribution >= 4 is 0 Å². The standard InChI is InChI=1S/C12H20N2/c1-12(2,3)11(14)10(13)9-7-5-4-6-8-9/h4-8,10-11H,13-14H2,1-3H3. The molecule has 0 fully saturated rings. The molecule has 0 radical (unpaired) electrons. The van der Waals surface area contributed by atoms with Crippen LogP contribution in [0.4, 0.5) is 0 Å². The second-order valence-electron chi connectivity index (χ2n) is 4.83. The molecule has 0 amide bonds. The summed E-state index contributed by atoms with van der Waals surface area (Å²) in [6.45, 7) is 6.33. The van der Waals surface area contributed by atoms with Gasteiger partial charge in [-0.05, 0) is 11.0 Å². The lowest BCUT2D eigenvalue weighted by atomic mass is 9.81. The van der Waals surface area contributed by atoms with Crippen molar-refractivity contribution in [2.45, 2.75) is 32.9 Å². The minimum Gasteiger partial charge on any atom is -0.326 e. The maximum atomic E-state index is 6.10. The molecule has 2 atom stereocenters. The Morgan fingerprint density at radius 1 is 1.00 bits per heavy atom. The molecule has 1 aromatic carbocycles. The molecule has 1 aromatic rings. The molecule has 14 heavy (non-hydrogen) atoms. The van der Waals surface area contributed by atoms with Crippen LogP contribution >= 0.6 is 0 Å². The van der Waals surface area contributed by atoms with Crippen LogP contribution in [0.15, 0.2) is 30.3 Å². The fraction of sp³-hybridized carbons (Fsp3) is 0.500. The average Bonchev–Trinajstić information content (AvgIpc) is 2.15. The minimum atomic E-state index is -0.0869. The Kier molecular flexibility index (Phi) is 3.29. The van der Waals surface area contributed by atoms with Crippen molar-refractivity contribution in [3.63, 3.8) is 0 Å². The highest BCUT2D eigenvalue weighted by atomic mass is 14.8. The summed E-state index contributed by atoms with van der Waals surface area (Å²) < 4.78 is 0. The first-order valence-electron chi connectivity index (χ1n) is 4.99. The van der Waals surface area contributed by atoms with Gasteiger partial charge in [0.15, 0.2) is 0 Å². The molecule has 0 saturated heterocycles. The van der Waals surface area contributed by atoms with Gasteiger partial charge < -0.3 is 11.5 Å². The van der Waals surface area contributed by atoms with E-state index in [4.69, 9.17) is 11.5 Å². The van der Waals surface area contributed by atoms with E-state index < -0.39 is 0 Å². The summed E-state index contributed by atoms with van der Waals surface area (Å²) in [4.78, 5) is 0. The predicted molar refractivity (Wildman–Crippen MR) is 60.8 cm³/mol. The van der Waals surface area contributed by atoms with E-state index in [1.165, 1.54) is 0 Å². The first-order chi connectivity index (χ1) is 6.43. The van der Waals surface area contributed by atoms with Gasteiger partial charge in [-0.25, -0.2) is 0 Å². The van der Waals surface area contributed by atoms with Crippen LogP contribution in [-0.2, 0) is 0 Å². The Morgan fingerprint density at radius 2 is 1.50 bits per heavy atom. The SMILES string of the molecule is CC(C)(C)C(N)C(N)c1ccccc1. The van der Waals surface area contributed by atoms with Gasteiger partial charge in [-0.3, -0.25) is 0 Å². The zero-order chi connectivity index (χ0) is 10.8. The average molecular weight is 192 g/mol. The molecular formula is C12H20N2. The zero-order valence-corrected chi connectivity index (χ0v) is 9.20. The Bertz CT molecular complexity index is 274. The third kappa shape index (κ3) is 2.56. The van der Waals surface area contributed by atoms with Gasteiger partial charge in [-0.15, -0.1) is 0 Å². The summed E-state index contributed by atoms with van der Waals surface area (Å²) in [5.41, 5.74) is 13.3. The Hall–Kier alpha value is -0.860. The molecule has 78 valence electrons. The molecule has 0 aromatic heterocycles. The van der Waals surface area contributed by atoms with Gasteiger partial charge in [-0.1, -0.05) is 51.1 Å². The number of nitrogens with two attached hydrogens (primary N) is 2. The highest BCUT2D eigenvalue weighted by Crippen LogP contribution is 2.26. The fourth-order valence-electron chi connectivity index (χ4n) is 1.42. The van der Waals surface area contributed by atoms with Crippen LogP contribution in [-0.4, -0.2) is 6.04 Å². The van der Waals surface area contributed by atoms with E-state index in [2.05, 4.69) is 20.8 Å². The number of hydrogen-bond donors (Lipinski definition) is 2. The van der Waals surface area contributed by atoms with Crippen molar-refractivity contribution in [3.05, 3.63) is 35.9 Å². The van der Waals surface area contributed by atoms with Crippen molar-refractivity contribution in [1.29, 1.82) is 0 Å². The number of benzene rings is 1. The van der Waals surface area contributed by atoms with Gasteiger partial charge in [0.2, 0.25) is 0 Å². The Morgan fingerprint density at radius 3 is 1.93 bits per heavy atom. The number of rotatable bonds is 2. The van der Waals surface area contributed by atoms with Gasteiger partial charge in [0, 0.05) is 12.1 Å². The lowest BCUT2D eigenvalue weighted by Crippen LogP contribution is -2.44. The van der Waals surface area contributed by atoms with E-state index in [9.17, 15) is 0 Å². The summed E-state index contributed by atoms with van der Waals surface area (Å²) in [6.07, 6.45) is 0. The fourth-order valence-corrected chi connectivity index (χ4v) is 1.42. The van der Waals surface area contributed by atoms with Crippen LogP contribution in [0.3, 0.4) is 0 Å². The molecule has 0 aliphatic carbocycles. The maximum absolute atomic E-state index is 6.10. The normalized spacial score (nSPS) is 16.4. The largest absolute Gasteiger partial charge is 0.326 e. The van der Waals surface area contributed by atoms with Gasteiger partial charge >= 0.3 is 0 Å². The first kappa shape index (κ1) is 11.2. The molecule has 0 spiro atoms. The molecular weight excluding hydrogens is 172 g/mol. The van der Waals surface area contributed by atoms with Crippen LogP contribution in [0.5, 0.6) is 0 Å².